The highest BCUT2D eigenvalue weighted by Crippen LogP contribution is 2.75. The summed E-state index contributed by atoms with van der Waals surface area (Å²) in [7, 11) is 0. The van der Waals surface area contributed by atoms with Crippen LogP contribution in [0.2, 0.25) is 0 Å². The van der Waals surface area contributed by atoms with Crippen LogP contribution in [0.4, 0.5) is 0 Å². The van der Waals surface area contributed by atoms with Gasteiger partial charge in [0.2, 0.25) is 0 Å². The SMILES string of the molecule is C[C@@H]1[C@@H](C)CC[C@@]2(C(=O)O)CC[C@@]3(C)C(=CC[C@H]4[C@]5(C)CC[C@@H](O)C(C)(C)[C@@H]5CC[C@@]43C)[C@@H]12. The predicted octanol–water partition coefficient (Wildman–Crippen LogP) is 7.09. The Kier molecular flexibility index (Phi) is 5.15. The van der Waals surface area contributed by atoms with Gasteiger partial charge in [-0.05, 0) is 109 Å². The Morgan fingerprint density at radius 2 is 1.61 bits per heavy atom. The minimum atomic E-state index is -0.557. The molecule has 0 saturated heterocycles. The summed E-state index contributed by atoms with van der Waals surface area (Å²) in [6.07, 6.45) is 11.6. The van der Waals surface area contributed by atoms with E-state index in [1.807, 2.05) is 0 Å². The number of aliphatic hydroxyl groups is 1. The van der Waals surface area contributed by atoms with Gasteiger partial charge in [-0.3, -0.25) is 4.79 Å². The summed E-state index contributed by atoms with van der Waals surface area (Å²) in [6, 6.07) is 0. The van der Waals surface area contributed by atoms with Crippen molar-refractivity contribution in [2.24, 2.45) is 56.7 Å². The Morgan fingerprint density at radius 3 is 2.27 bits per heavy atom. The fourth-order valence-corrected chi connectivity index (χ4v) is 10.8. The number of aliphatic hydroxyl groups excluding tert-OH is 1. The standard InChI is InChI=1S/C30H48O3/c1-18-10-15-30(25(32)33)17-16-28(6)20(24(30)19(18)2)8-9-22-27(5)13-12-23(31)26(3,4)21(27)11-14-29(22,28)7/h8,18-19,21-24,31H,9-17H2,1-7H3,(H,32,33)/t18-,19+,21-,22-,23+,24+,27+,28-,29-,30+/m0/s1. The highest BCUT2D eigenvalue weighted by molar-refractivity contribution is 5.76. The van der Waals surface area contributed by atoms with E-state index in [-0.39, 0.29) is 33.7 Å². The van der Waals surface area contributed by atoms with Crippen molar-refractivity contribution in [3.05, 3.63) is 11.6 Å². The molecule has 5 aliphatic rings. The van der Waals surface area contributed by atoms with Gasteiger partial charge in [0, 0.05) is 0 Å². The molecule has 0 radical (unpaired) electrons. The van der Waals surface area contributed by atoms with Gasteiger partial charge in [0.15, 0.2) is 0 Å². The maximum atomic E-state index is 12.8. The summed E-state index contributed by atoms with van der Waals surface area (Å²) in [5.41, 5.74) is 1.46. The zero-order valence-electron chi connectivity index (χ0n) is 22.2. The van der Waals surface area contributed by atoms with Crippen LogP contribution in [0.15, 0.2) is 11.6 Å². The van der Waals surface area contributed by atoms with E-state index < -0.39 is 11.4 Å². The van der Waals surface area contributed by atoms with Gasteiger partial charge in [-0.25, -0.2) is 0 Å². The van der Waals surface area contributed by atoms with E-state index in [0.717, 1.165) is 44.9 Å². The van der Waals surface area contributed by atoms with Gasteiger partial charge in [-0.1, -0.05) is 60.1 Å². The van der Waals surface area contributed by atoms with Crippen LogP contribution in [-0.4, -0.2) is 22.3 Å². The van der Waals surface area contributed by atoms with E-state index in [1.54, 1.807) is 0 Å². The zero-order chi connectivity index (χ0) is 24.2. The minimum absolute atomic E-state index is 0.0302. The second-order valence-corrected chi connectivity index (χ2v) is 14.5. The largest absolute Gasteiger partial charge is 0.481 e. The molecule has 5 aliphatic carbocycles. The zero-order valence-corrected chi connectivity index (χ0v) is 22.2. The lowest BCUT2D eigenvalue weighted by Crippen LogP contribution is -2.65. The summed E-state index contributed by atoms with van der Waals surface area (Å²) >= 11 is 0. The molecule has 0 aromatic rings. The maximum absolute atomic E-state index is 12.8. The second-order valence-electron chi connectivity index (χ2n) is 14.5. The first kappa shape index (κ1) is 23.9. The molecule has 10 atom stereocenters. The third-order valence-electron chi connectivity index (χ3n) is 13.4. The molecule has 0 bridgehead atoms. The quantitative estimate of drug-likeness (QED) is 0.414. The normalized spacial score (nSPS) is 55.3. The number of carboxylic acid groups (broad SMARTS) is 1. The second kappa shape index (κ2) is 7.11. The molecule has 4 fully saturated rings. The number of hydrogen-bond acceptors (Lipinski definition) is 2. The minimum Gasteiger partial charge on any atom is -0.481 e. The molecule has 0 aromatic heterocycles. The predicted molar refractivity (Wildman–Crippen MR) is 133 cm³/mol. The molecule has 4 saturated carbocycles. The molecule has 0 spiro atoms. The van der Waals surface area contributed by atoms with Gasteiger partial charge in [-0.15, -0.1) is 0 Å². The molecular weight excluding hydrogens is 408 g/mol. The van der Waals surface area contributed by atoms with Crippen LogP contribution in [0.5, 0.6) is 0 Å². The van der Waals surface area contributed by atoms with Gasteiger partial charge in [0.05, 0.1) is 11.5 Å². The number of carboxylic acids is 1. The van der Waals surface area contributed by atoms with Crippen molar-refractivity contribution in [1.29, 1.82) is 0 Å². The summed E-state index contributed by atoms with van der Waals surface area (Å²) < 4.78 is 0. The Balaban J connectivity index is 1.61. The smallest absolute Gasteiger partial charge is 0.310 e. The molecule has 3 nitrogen and oxygen atoms in total. The topological polar surface area (TPSA) is 57.5 Å². The van der Waals surface area contributed by atoms with Crippen LogP contribution in [0.25, 0.3) is 0 Å². The van der Waals surface area contributed by atoms with Crippen LogP contribution in [0, 0.1) is 56.7 Å². The van der Waals surface area contributed by atoms with Crippen molar-refractivity contribution < 1.29 is 15.0 Å². The van der Waals surface area contributed by atoms with Crippen LogP contribution in [0.3, 0.4) is 0 Å². The van der Waals surface area contributed by atoms with E-state index in [9.17, 15) is 15.0 Å². The number of allylic oxidation sites excluding steroid dienone is 2. The van der Waals surface area contributed by atoms with Crippen molar-refractivity contribution in [2.75, 3.05) is 0 Å². The van der Waals surface area contributed by atoms with Crippen molar-refractivity contribution in [3.8, 4) is 0 Å². The summed E-state index contributed by atoms with van der Waals surface area (Å²) in [5.74, 6) is 1.82. The number of rotatable bonds is 1. The Labute approximate surface area is 201 Å². The summed E-state index contributed by atoms with van der Waals surface area (Å²) in [4.78, 5) is 12.8. The number of fused-ring (bicyclic) bond motifs is 7. The molecule has 186 valence electrons. The highest BCUT2D eigenvalue weighted by atomic mass is 16.4. The third kappa shape index (κ3) is 2.75. The van der Waals surface area contributed by atoms with E-state index in [2.05, 4.69) is 54.5 Å². The van der Waals surface area contributed by atoms with Gasteiger partial charge in [0.25, 0.3) is 0 Å². The van der Waals surface area contributed by atoms with Gasteiger partial charge in [-0.2, -0.15) is 0 Å². The van der Waals surface area contributed by atoms with Crippen LogP contribution < -0.4 is 0 Å². The molecule has 5 rings (SSSR count). The molecule has 0 aliphatic heterocycles. The maximum Gasteiger partial charge on any atom is 0.310 e. The van der Waals surface area contributed by atoms with E-state index in [4.69, 9.17) is 0 Å². The Bertz CT molecular complexity index is 874. The molecule has 0 amide bonds. The number of hydrogen-bond donors (Lipinski definition) is 2. The van der Waals surface area contributed by atoms with Crippen molar-refractivity contribution in [1.82, 2.24) is 0 Å². The summed E-state index contributed by atoms with van der Waals surface area (Å²) in [6.45, 7) is 17.0. The van der Waals surface area contributed by atoms with Crippen LogP contribution >= 0.6 is 0 Å². The first-order chi connectivity index (χ1) is 15.3. The van der Waals surface area contributed by atoms with Crippen molar-refractivity contribution in [2.45, 2.75) is 112 Å². The third-order valence-corrected chi connectivity index (χ3v) is 13.4. The monoisotopic (exact) mass is 456 g/mol. The fourth-order valence-electron chi connectivity index (χ4n) is 10.8. The molecule has 0 aromatic carbocycles. The lowest BCUT2D eigenvalue weighted by atomic mass is 9.33. The van der Waals surface area contributed by atoms with Gasteiger partial charge in [0.1, 0.15) is 0 Å². The van der Waals surface area contributed by atoms with Gasteiger partial charge >= 0.3 is 5.97 Å². The molecule has 33 heavy (non-hydrogen) atoms. The van der Waals surface area contributed by atoms with E-state index in [0.29, 0.717) is 23.7 Å². The Morgan fingerprint density at radius 1 is 0.909 bits per heavy atom. The average molecular weight is 457 g/mol. The highest BCUT2D eigenvalue weighted by Gasteiger charge is 2.69. The van der Waals surface area contributed by atoms with E-state index >= 15 is 0 Å². The van der Waals surface area contributed by atoms with Crippen molar-refractivity contribution >= 4 is 5.97 Å². The molecule has 0 unspecified atom stereocenters. The van der Waals surface area contributed by atoms with E-state index in [1.165, 1.54) is 18.4 Å². The molecular formula is C30H48O3. The van der Waals surface area contributed by atoms with Crippen LogP contribution in [-0.2, 0) is 4.79 Å². The molecule has 2 N–H and O–H groups in total. The van der Waals surface area contributed by atoms with Gasteiger partial charge < -0.3 is 10.2 Å². The fraction of sp³-hybridized carbons (Fsp3) is 0.900. The lowest BCUT2D eigenvalue weighted by molar-refractivity contribution is -0.206. The molecule has 0 heterocycles. The first-order valence-corrected chi connectivity index (χ1v) is 13.9. The lowest BCUT2D eigenvalue weighted by Gasteiger charge is -2.71. The summed E-state index contributed by atoms with van der Waals surface area (Å²) in [5, 5.41) is 21.4. The Hall–Kier alpha value is -0.830. The first-order valence-electron chi connectivity index (χ1n) is 13.9. The molecule has 3 heteroatoms. The van der Waals surface area contributed by atoms with Crippen molar-refractivity contribution in [3.63, 3.8) is 0 Å². The average Bonchev–Trinajstić information content (AvgIpc) is 2.74. The number of carbonyl (C=O) groups is 1. The van der Waals surface area contributed by atoms with Crippen LogP contribution in [0.1, 0.15) is 106 Å². The number of aliphatic carboxylic acids is 1.